The van der Waals surface area contributed by atoms with Crippen molar-refractivity contribution in [2.24, 2.45) is 11.8 Å². The van der Waals surface area contributed by atoms with Crippen LogP contribution in [0.4, 0.5) is 0 Å². The molecule has 8 heteroatoms. The molecule has 3 aliphatic rings. The Kier molecular flexibility index (Phi) is 6.05. The van der Waals surface area contributed by atoms with E-state index in [2.05, 4.69) is 57.8 Å². The molecule has 2 amide bonds. The van der Waals surface area contributed by atoms with E-state index < -0.39 is 0 Å². The molecular formula is C25H31N5O3. The number of benzene rings is 2. The molecule has 8 nitrogen and oxygen atoms in total. The molecule has 2 aliphatic heterocycles. The van der Waals surface area contributed by atoms with Crippen LogP contribution >= 0.6 is 0 Å². The van der Waals surface area contributed by atoms with Crippen molar-refractivity contribution in [2.45, 2.75) is 51.0 Å². The molecule has 2 aromatic carbocycles. The lowest BCUT2D eigenvalue weighted by Crippen LogP contribution is -2.65. The fourth-order valence-electron chi connectivity index (χ4n) is 5.26. The summed E-state index contributed by atoms with van der Waals surface area (Å²) in [6.07, 6.45) is 1.88. The average Bonchev–Trinajstić information content (AvgIpc) is 3.27. The summed E-state index contributed by atoms with van der Waals surface area (Å²) in [7, 11) is 1.64. The highest BCUT2D eigenvalue weighted by atomic mass is 16.5. The molecule has 0 bridgehead atoms. The van der Waals surface area contributed by atoms with Gasteiger partial charge in [-0.25, -0.2) is 10.4 Å². The predicted molar refractivity (Wildman–Crippen MR) is 123 cm³/mol. The van der Waals surface area contributed by atoms with Crippen LogP contribution in [0.15, 0.2) is 48.5 Å². The minimum atomic E-state index is -0.192. The van der Waals surface area contributed by atoms with Crippen LogP contribution in [0.5, 0.6) is 5.75 Å². The number of rotatable bonds is 5. The van der Waals surface area contributed by atoms with Gasteiger partial charge in [0.25, 0.3) is 0 Å². The number of hydrogen-bond acceptors (Lipinski definition) is 6. The van der Waals surface area contributed by atoms with Crippen molar-refractivity contribution in [1.82, 2.24) is 26.6 Å². The molecule has 2 aromatic rings. The number of fused-ring (bicyclic) bond motifs is 3. The van der Waals surface area contributed by atoms with Crippen LogP contribution in [0.1, 0.15) is 42.0 Å². The molecule has 174 valence electrons. The van der Waals surface area contributed by atoms with Gasteiger partial charge in [-0.05, 0) is 49.4 Å². The summed E-state index contributed by atoms with van der Waals surface area (Å²) >= 11 is 0. The van der Waals surface area contributed by atoms with E-state index in [-0.39, 0.29) is 41.9 Å². The van der Waals surface area contributed by atoms with E-state index in [0.29, 0.717) is 19.4 Å². The van der Waals surface area contributed by atoms with Crippen LogP contribution in [0, 0.1) is 18.8 Å². The molecule has 1 saturated carbocycles. The van der Waals surface area contributed by atoms with E-state index in [1.54, 1.807) is 7.11 Å². The van der Waals surface area contributed by atoms with E-state index in [1.165, 1.54) is 5.56 Å². The molecule has 0 radical (unpaired) electrons. The van der Waals surface area contributed by atoms with Gasteiger partial charge in [0.2, 0.25) is 11.8 Å². The highest BCUT2D eigenvalue weighted by molar-refractivity contribution is 5.83. The Labute approximate surface area is 194 Å². The van der Waals surface area contributed by atoms with Gasteiger partial charge in [-0.15, -0.1) is 0 Å². The first kappa shape index (κ1) is 21.9. The van der Waals surface area contributed by atoms with E-state index in [1.807, 2.05) is 24.3 Å². The Morgan fingerprint density at radius 1 is 1.12 bits per heavy atom. The summed E-state index contributed by atoms with van der Waals surface area (Å²) in [5.74, 6) is 0.702. The molecule has 33 heavy (non-hydrogen) atoms. The second kappa shape index (κ2) is 9.13. The fourth-order valence-corrected chi connectivity index (χ4v) is 5.26. The number of methoxy groups -OCH3 is 1. The zero-order chi connectivity index (χ0) is 22.9. The maximum Gasteiger partial charge on any atom is 0.226 e. The number of hydrogen-bond donors (Lipinski definition) is 4. The van der Waals surface area contributed by atoms with Crippen molar-refractivity contribution in [3.05, 3.63) is 65.2 Å². The average molecular weight is 450 g/mol. The number of ether oxygens (including phenoxy) is 1. The second-order valence-corrected chi connectivity index (χ2v) is 9.25. The maximum atomic E-state index is 13.0. The quantitative estimate of drug-likeness (QED) is 0.557. The normalized spacial score (nSPS) is 29.0. The Hall–Kier alpha value is -2.94. The number of amides is 2. The van der Waals surface area contributed by atoms with Crippen LogP contribution in [0.3, 0.4) is 0 Å². The lowest BCUT2D eigenvalue weighted by molar-refractivity contribution is -0.143. The van der Waals surface area contributed by atoms with Gasteiger partial charge in [0.05, 0.1) is 19.1 Å². The lowest BCUT2D eigenvalue weighted by atomic mass is 9.75. The highest BCUT2D eigenvalue weighted by Crippen LogP contribution is 2.38. The van der Waals surface area contributed by atoms with Gasteiger partial charge < -0.3 is 15.4 Å². The van der Waals surface area contributed by atoms with Crippen molar-refractivity contribution >= 4 is 11.8 Å². The topological polar surface area (TPSA) is 94.7 Å². The lowest BCUT2D eigenvalue weighted by Gasteiger charge is -2.46. The number of aryl methyl sites for hydroxylation is 1. The third-order valence-corrected chi connectivity index (χ3v) is 7.20. The first-order valence-electron chi connectivity index (χ1n) is 11.6. The molecule has 5 rings (SSSR count). The largest absolute Gasteiger partial charge is 0.497 e. The third kappa shape index (κ3) is 4.34. The van der Waals surface area contributed by atoms with E-state index >= 15 is 0 Å². The minimum Gasteiger partial charge on any atom is -0.497 e. The molecule has 0 spiro atoms. The van der Waals surface area contributed by atoms with Gasteiger partial charge in [-0.1, -0.05) is 42.0 Å². The van der Waals surface area contributed by atoms with Crippen molar-refractivity contribution < 1.29 is 14.3 Å². The van der Waals surface area contributed by atoms with Crippen LogP contribution in [0.25, 0.3) is 0 Å². The van der Waals surface area contributed by atoms with Crippen LogP contribution in [-0.4, -0.2) is 36.1 Å². The van der Waals surface area contributed by atoms with Gasteiger partial charge in [0, 0.05) is 18.5 Å². The van der Waals surface area contributed by atoms with Crippen LogP contribution in [-0.2, 0) is 16.1 Å². The summed E-state index contributed by atoms with van der Waals surface area (Å²) in [6.45, 7) is 2.54. The van der Waals surface area contributed by atoms with E-state index in [9.17, 15) is 9.59 Å². The van der Waals surface area contributed by atoms with E-state index in [0.717, 1.165) is 23.3 Å². The zero-order valence-corrected chi connectivity index (χ0v) is 19.0. The summed E-state index contributed by atoms with van der Waals surface area (Å²) in [5, 5.41) is 8.38. The van der Waals surface area contributed by atoms with Crippen LogP contribution in [0.2, 0.25) is 0 Å². The molecule has 1 aliphatic carbocycles. The smallest absolute Gasteiger partial charge is 0.226 e. The summed E-state index contributed by atoms with van der Waals surface area (Å²) in [5.41, 5.74) is 9.98. The summed E-state index contributed by atoms with van der Waals surface area (Å²) < 4.78 is 5.19. The second-order valence-electron chi connectivity index (χ2n) is 9.25. The summed E-state index contributed by atoms with van der Waals surface area (Å²) in [6, 6.07) is 16.0. The molecule has 0 aromatic heterocycles. The fraction of sp³-hybridized carbons (Fsp3) is 0.440. The maximum absolute atomic E-state index is 13.0. The van der Waals surface area contributed by atoms with Gasteiger partial charge in [0.15, 0.2) is 0 Å². The highest BCUT2D eigenvalue weighted by Gasteiger charge is 2.51. The number of nitrogens with zero attached hydrogens (tertiary/aromatic N) is 1. The Morgan fingerprint density at radius 3 is 2.61 bits per heavy atom. The van der Waals surface area contributed by atoms with Gasteiger partial charge in [-0.2, -0.15) is 5.53 Å². The van der Waals surface area contributed by atoms with Gasteiger partial charge >= 0.3 is 0 Å². The standard InChI is InChI=1S/C25H31N5O3/c1-15-3-7-17(8-4-15)22-23-27-25(32)20-12-9-18(13-21(20)30(23)29-28-22)24(31)26-14-16-5-10-19(33-2)11-6-16/h3-8,10-11,18,20-23,28-29H,9,12-14H2,1-2H3,(H,26,31)(H,27,32). The SMILES string of the molecule is COc1ccc(CNC(=O)C2CCC3C(=O)NC4C(c5ccc(C)cc5)NNN4C3C2)cc1. The number of carbonyl (C=O) groups excluding carboxylic acids is 2. The third-order valence-electron chi connectivity index (χ3n) is 7.20. The molecule has 2 saturated heterocycles. The number of nitrogens with one attached hydrogen (secondary N) is 4. The van der Waals surface area contributed by atoms with Crippen molar-refractivity contribution in [3.8, 4) is 5.75 Å². The van der Waals surface area contributed by atoms with Crippen molar-refractivity contribution in [3.63, 3.8) is 0 Å². The molecule has 5 atom stereocenters. The van der Waals surface area contributed by atoms with Crippen molar-refractivity contribution in [1.29, 1.82) is 0 Å². The molecule has 2 heterocycles. The predicted octanol–water partition coefficient (Wildman–Crippen LogP) is 1.93. The first-order valence-corrected chi connectivity index (χ1v) is 11.6. The molecule has 5 unspecified atom stereocenters. The molecule has 4 N–H and O–H groups in total. The van der Waals surface area contributed by atoms with Crippen molar-refractivity contribution in [2.75, 3.05) is 7.11 Å². The first-order chi connectivity index (χ1) is 16.0. The number of carbonyl (C=O) groups is 2. The Bertz CT molecular complexity index is 1010. The monoisotopic (exact) mass is 449 g/mol. The molecular weight excluding hydrogens is 418 g/mol. The minimum absolute atomic E-state index is 0.0304. The summed E-state index contributed by atoms with van der Waals surface area (Å²) in [4.78, 5) is 25.9. The van der Waals surface area contributed by atoms with Crippen LogP contribution < -0.4 is 26.3 Å². The van der Waals surface area contributed by atoms with E-state index in [4.69, 9.17) is 4.74 Å². The molecule has 3 fully saturated rings. The van der Waals surface area contributed by atoms with Gasteiger partial charge in [0.1, 0.15) is 11.9 Å². The van der Waals surface area contributed by atoms with Gasteiger partial charge in [-0.3, -0.25) is 9.59 Å². The Balaban J connectivity index is 1.24. The zero-order valence-electron chi connectivity index (χ0n) is 19.0. The number of hydrazine groups is 2. The Morgan fingerprint density at radius 2 is 1.88 bits per heavy atom.